The number of pyridine rings is 2. The Morgan fingerprint density at radius 3 is 2.73 bits per heavy atom. The van der Waals surface area contributed by atoms with Gasteiger partial charge >= 0.3 is 5.97 Å². The van der Waals surface area contributed by atoms with Gasteiger partial charge in [-0.25, -0.2) is 9.78 Å². The minimum Gasteiger partial charge on any atom is -0.478 e. The van der Waals surface area contributed by atoms with Gasteiger partial charge in [-0.3, -0.25) is 14.7 Å². The van der Waals surface area contributed by atoms with Gasteiger partial charge in [0, 0.05) is 29.6 Å². The number of aromatic carboxylic acids is 1. The van der Waals surface area contributed by atoms with Crippen LogP contribution in [0.25, 0.3) is 22.6 Å². The Labute approximate surface area is 189 Å². The molecule has 1 amide bonds. The molecule has 1 N–H and O–H groups in total. The van der Waals surface area contributed by atoms with Gasteiger partial charge in [0.1, 0.15) is 17.8 Å². The number of benzene rings is 1. The fourth-order valence-corrected chi connectivity index (χ4v) is 3.88. The van der Waals surface area contributed by atoms with Crippen LogP contribution in [0, 0.1) is 0 Å². The first kappa shape index (κ1) is 20.5. The van der Waals surface area contributed by atoms with E-state index in [4.69, 9.17) is 4.98 Å². The lowest BCUT2D eigenvalue weighted by Gasteiger charge is -2.16. The van der Waals surface area contributed by atoms with E-state index in [1.54, 1.807) is 35.6 Å². The van der Waals surface area contributed by atoms with Crippen molar-refractivity contribution >= 4 is 17.7 Å². The van der Waals surface area contributed by atoms with Gasteiger partial charge in [0.2, 0.25) is 0 Å². The molecule has 0 spiro atoms. The predicted molar refractivity (Wildman–Crippen MR) is 121 cm³/mol. The Morgan fingerprint density at radius 2 is 1.94 bits per heavy atom. The smallest absolute Gasteiger partial charge is 0.337 e. The first-order valence-corrected chi connectivity index (χ1v) is 10.4. The number of hydrogen-bond acceptors (Lipinski definition) is 6. The van der Waals surface area contributed by atoms with Crippen LogP contribution in [0.4, 0.5) is 5.82 Å². The van der Waals surface area contributed by atoms with E-state index in [0.29, 0.717) is 35.0 Å². The number of aromatic nitrogens is 5. The summed E-state index contributed by atoms with van der Waals surface area (Å²) in [5, 5.41) is 17.4. The lowest BCUT2D eigenvalue weighted by molar-refractivity contribution is 0.0696. The molecule has 0 unspecified atom stereocenters. The maximum atomic E-state index is 13.3. The van der Waals surface area contributed by atoms with Crippen molar-refractivity contribution in [3.63, 3.8) is 0 Å². The zero-order valence-corrected chi connectivity index (χ0v) is 18.0. The quantitative estimate of drug-likeness (QED) is 0.501. The van der Waals surface area contributed by atoms with Crippen molar-refractivity contribution in [1.29, 1.82) is 0 Å². The van der Waals surface area contributed by atoms with Crippen LogP contribution >= 0.6 is 0 Å². The maximum Gasteiger partial charge on any atom is 0.337 e. The second kappa shape index (κ2) is 7.94. The highest BCUT2D eigenvalue weighted by molar-refractivity contribution is 6.10. The summed E-state index contributed by atoms with van der Waals surface area (Å²) in [4.78, 5) is 34.9. The number of carboxylic acids is 1. The molecule has 1 aliphatic heterocycles. The highest BCUT2D eigenvalue weighted by Gasteiger charge is 2.30. The molecule has 0 aliphatic carbocycles. The molecule has 9 heteroatoms. The molecule has 1 aromatic carbocycles. The third kappa shape index (κ3) is 3.63. The maximum absolute atomic E-state index is 13.3. The van der Waals surface area contributed by atoms with Crippen molar-refractivity contribution in [2.24, 2.45) is 0 Å². The zero-order valence-electron chi connectivity index (χ0n) is 18.0. The summed E-state index contributed by atoms with van der Waals surface area (Å²) >= 11 is 0. The molecule has 0 radical (unpaired) electrons. The largest absolute Gasteiger partial charge is 0.478 e. The van der Waals surface area contributed by atoms with Gasteiger partial charge in [-0.05, 0) is 49.2 Å². The third-order valence-corrected chi connectivity index (χ3v) is 5.60. The van der Waals surface area contributed by atoms with E-state index in [2.05, 4.69) is 15.2 Å². The first-order valence-electron chi connectivity index (χ1n) is 10.4. The monoisotopic (exact) mass is 440 g/mol. The SMILES string of the molecule is CC(C)n1cnnc1-c1cccc(N2Cc3ccc(-c4cncc(C(=O)O)c4)cc3C2=O)n1. The highest BCUT2D eigenvalue weighted by atomic mass is 16.4. The molecule has 164 valence electrons. The standard InChI is InChI=1S/C24H20N6O3/c1-14(2)30-13-26-28-22(30)20-4-3-5-21(27-20)29-12-16-7-6-15(9-19(16)23(29)31)17-8-18(24(32)33)11-25-10-17/h3-11,13-14H,12H2,1-2H3,(H,32,33). The molecule has 4 heterocycles. The van der Waals surface area contributed by atoms with E-state index >= 15 is 0 Å². The van der Waals surface area contributed by atoms with Gasteiger partial charge in [0.15, 0.2) is 5.82 Å². The normalized spacial score (nSPS) is 12.9. The van der Waals surface area contributed by atoms with Gasteiger partial charge in [0.25, 0.3) is 5.91 Å². The molecule has 0 atom stereocenters. The number of carbonyl (C=O) groups excluding carboxylic acids is 1. The Kier molecular flexibility index (Phi) is 4.93. The lowest BCUT2D eigenvalue weighted by Crippen LogP contribution is -2.24. The number of hydrogen-bond donors (Lipinski definition) is 1. The molecular formula is C24H20N6O3. The molecule has 0 fully saturated rings. The summed E-state index contributed by atoms with van der Waals surface area (Å²) in [7, 11) is 0. The summed E-state index contributed by atoms with van der Waals surface area (Å²) in [6.07, 6.45) is 4.55. The van der Waals surface area contributed by atoms with Crippen molar-refractivity contribution in [2.75, 3.05) is 4.90 Å². The Bertz CT molecular complexity index is 1390. The summed E-state index contributed by atoms with van der Waals surface area (Å²) < 4.78 is 1.93. The highest BCUT2D eigenvalue weighted by Crippen LogP contribution is 2.32. The number of carboxylic acid groups (broad SMARTS) is 1. The van der Waals surface area contributed by atoms with Crippen LogP contribution in [0.3, 0.4) is 0 Å². The molecule has 0 saturated carbocycles. The molecule has 4 aromatic rings. The molecule has 33 heavy (non-hydrogen) atoms. The van der Waals surface area contributed by atoms with Crippen LogP contribution in [-0.2, 0) is 6.54 Å². The average Bonchev–Trinajstić information content (AvgIpc) is 3.44. The Balaban J connectivity index is 1.47. The number of fused-ring (bicyclic) bond motifs is 1. The van der Waals surface area contributed by atoms with Crippen LogP contribution < -0.4 is 4.90 Å². The molecule has 9 nitrogen and oxygen atoms in total. The van der Waals surface area contributed by atoms with Crippen LogP contribution in [0.5, 0.6) is 0 Å². The topological polar surface area (TPSA) is 114 Å². The van der Waals surface area contributed by atoms with Gasteiger partial charge in [-0.2, -0.15) is 0 Å². The van der Waals surface area contributed by atoms with E-state index < -0.39 is 5.97 Å². The molecule has 5 rings (SSSR count). The number of amides is 1. The van der Waals surface area contributed by atoms with Crippen molar-refractivity contribution < 1.29 is 14.7 Å². The summed E-state index contributed by atoms with van der Waals surface area (Å²) in [5.74, 6) is -0.0385. The van der Waals surface area contributed by atoms with Crippen LogP contribution in [0.2, 0.25) is 0 Å². The molecule has 0 saturated heterocycles. The van der Waals surface area contributed by atoms with Crippen molar-refractivity contribution in [1.82, 2.24) is 24.7 Å². The molecule has 3 aromatic heterocycles. The minimum absolute atomic E-state index is 0.0937. The van der Waals surface area contributed by atoms with Crippen molar-refractivity contribution in [2.45, 2.75) is 26.4 Å². The zero-order chi connectivity index (χ0) is 23.1. The fourth-order valence-electron chi connectivity index (χ4n) is 3.88. The first-order chi connectivity index (χ1) is 15.9. The number of carbonyl (C=O) groups is 2. The molecular weight excluding hydrogens is 420 g/mol. The van der Waals surface area contributed by atoms with Crippen molar-refractivity contribution in [3.05, 3.63) is 77.9 Å². The minimum atomic E-state index is -1.05. The number of rotatable bonds is 5. The summed E-state index contributed by atoms with van der Waals surface area (Å²) in [6.45, 7) is 4.47. The lowest BCUT2D eigenvalue weighted by atomic mass is 10.0. The molecule has 0 bridgehead atoms. The van der Waals surface area contributed by atoms with Crippen LogP contribution in [0.15, 0.2) is 61.2 Å². The second-order valence-corrected chi connectivity index (χ2v) is 8.07. The summed E-state index contributed by atoms with van der Waals surface area (Å²) in [5.41, 5.74) is 3.54. The van der Waals surface area contributed by atoms with E-state index in [9.17, 15) is 14.7 Å². The average molecular weight is 440 g/mol. The van der Waals surface area contributed by atoms with Crippen LogP contribution in [-0.4, -0.2) is 41.7 Å². The third-order valence-electron chi connectivity index (χ3n) is 5.60. The summed E-state index contributed by atoms with van der Waals surface area (Å²) in [6, 6.07) is 12.7. The Morgan fingerprint density at radius 1 is 1.09 bits per heavy atom. The van der Waals surface area contributed by atoms with Gasteiger partial charge < -0.3 is 9.67 Å². The van der Waals surface area contributed by atoms with Gasteiger partial charge in [-0.1, -0.05) is 18.2 Å². The van der Waals surface area contributed by atoms with E-state index in [1.165, 1.54) is 6.20 Å². The fraction of sp³-hybridized carbons (Fsp3) is 0.167. The second-order valence-electron chi connectivity index (χ2n) is 8.07. The number of nitrogens with zero attached hydrogens (tertiary/aromatic N) is 6. The predicted octanol–water partition coefficient (Wildman–Crippen LogP) is 3.84. The van der Waals surface area contributed by atoms with Gasteiger partial charge in [-0.15, -0.1) is 10.2 Å². The molecule has 1 aliphatic rings. The van der Waals surface area contributed by atoms with E-state index in [-0.39, 0.29) is 17.5 Å². The Hall–Kier alpha value is -4.40. The van der Waals surface area contributed by atoms with Crippen LogP contribution in [0.1, 0.15) is 46.2 Å². The van der Waals surface area contributed by atoms with E-state index in [1.807, 2.05) is 42.7 Å². The number of anilines is 1. The van der Waals surface area contributed by atoms with Gasteiger partial charge in [0.05, 0.1) is 12.1 Å². The van der Waals surface area contributed by atoms with E-state index in [0.717, 1.165) is 11.1 Å². The van der Waals surface area contributed by atoms with Crippen molar-refractivity contribution in [3.8, 4) is 22.6 Å².